The van der Waals surface area contributed by atoms with Crippen molar-refractivity contribution in [1.29, 1.82) is 0 Å². The molecule has 3 aromatic rings. The number of Topliss-reactive ketones (excluding diaryl/α,β-unsaturated/α-hetero) is 1. The van der Waals surface area contributed by atoms with Crippen LogP contribution in [0.15, 0.2) is 77.7 Å². The van der Waals surface area contributed by atoms with E-state index in [-0.39, 0.29) is 23.7 Å². The van der Waals surface area contributed by atoms with Crippen LogP contribution >= 0.6 is 0 Å². The molecular weight excluding hydrogens is 554 g/mol. The lowest BCUT2D eigenvalue weighted by Crippen LogP contribution is -2.53. The summed E-state index contributed by atoms with van der Waals surface area (Å²) >= 11 is 0. The average molecular weight is 587 g/mol. The second-order valence-electron chi connectivity index (χ2n) is 10.0. The van der Waals surface area contributed by atoms with Gasteiger partial charge in [-0.2, -0.15) is 4.72 Å². The number of nitrogens with one attached hydrogen (secondary N) is 2. The largest absolute Gasteiger partial charge is 0.454 e. The molecule has 0 aliphatic rings. The van der Waals surface area contributed by atoms with Crippen LogP contribution in [0.4, 0.5) is 8.78 Å². The number of rotatable bonds is 13. The molecule has 41 heavy (non-hydrogen) atoms. The van der Waals surface area contributed by atoms with Gasteiger partial charge in [-0.15, -0.1) is 0 Å². The summed E-state index contributed by atoms with van der Waals surface area (Å²) in [7, 11) is -4.08. The first-order valence-electron chi connectivity index (χ1n) is 12.9. The van der Waals surface area contributed by atoms with E-state index < -0.39 is 63.6 Å². The number of carbonyl (C=O) groups is 3. The summed E-state index contributed by atoms with van der Waals surface area (Å²) in [5, 5.41) is 2.59. The molecule has 0 aromatic heterocycles. The molecule has 0 fully saturated rings. The Labute approximate surface area is 238 Å². The Kier molecular flexibility index (Phi) is 10.8. The van der Waals surface area contributed by atoms with Gasteiger partial charge in [0.1, 0.15) is 23.2 Å². The van der Waals surface area contributed by atoms with Crippen molar-refractivity contribution < 1.29 is 36.3 Å². The molecule has 2 atom stereocenters. The van der Waals surface area contributed by atoms with Crippen LogP contribution in [-0.4, -0.2) is 44.8 Å². The van der Waals surface area contributed by atoms with Crippen molar-refractivity contribution in [2.75, 3.05) is 6.61 Å². The van der Waals surface area contributed by atoms with E-state index in [1.54, 1.807) is 42.5 Å². The van der Waals surface area contributed by atoms with Crippen LogP contribution in [0.2, 0.25) is 0 Å². The van der Waals surface area contributed by atoms with Crippen LogP contribution in [0.5, 0.6) is 0 Å². The van der Waals surface area contributed by atoms with Crippen molar-refractivity contribution in [3.8, 4) is 0 Å². The summed E-state index contributed by atoms with van der Waals surface area (Å²) in [4.78, 5) is 38.9. The molecule has 0 radical (unpaired) electrons. The summed E-state index contributed by atoms with van der Waals surface area (Å²) in [5.74, 6) is -5.26. The summed E-state index contributed by atoms with van der Waals surface area (Å²) in [6.07, 6.45) is 0.126. The van der Waals surface area contributed by atoms with Crippen molar-refractivity contribution in [1.82, 2.24) is 10.0 Å². The first-order valence-corrected chi connectivity index (χ1v) is 14.4. The second kappa shape index (κ2) is 14.1. The number of carbonyl (C=O) groups excluding carboxylic acids is 3. The van der Waals surface area contributed by atoms with Gasteiger partial charge >= 0.3 is 5.97 Å². The van der Waals surface area contributed by atoms with Crippen molar-refractivity contribution >= 4 is 27.7 Å². The third-order valence-electron chi connectivity index (χ3n) is 6.15. The Balaban J connectivity index is 1.80. The summed E-state index contributed by atoms with van der Waals surface area (Å²) in [6.45, 7) is 4.56. The van der Waals surface area contributed by atoms with E-state index in [1.165, 1.54) is 12.1 Å². The number of ether oxygens (including phenoxy) is 1. The van der Waals surface area contributed by atoms with E-state index in [4.69, 9.17) is 4.74 Å². The second-order valence-corrected chi connectivity index (χ2v) is 11.7. The standard InChI is InChI=1S/C30H32F2N2O6S/c1-19(2)16-26(34-41(38,39)22-14-12-20(3)13-15-22)29(36)33-25(17-21-8-5-4-6-9-21)27(35)18-40-30(37)28-23(31)10-7-11-24(28)32/h4-15,19,25-26,34H,16-18H2,1-3H3,(H,33,36). The number of esters is 1. The molecule has 0 bridgehead atoms. The van der Waals surface area contributed by atoms with Gasteiger partial charge in [0.2, 0.25) is 15.9 Å². The summed E-state index contributed by atoms with van der Waals surface area (Å²) < 4.78 is 61.4. The number of benzene rings is 3. The van der Waals surface area contributed by atoms with E-state index >= 15 is 0 Å². The fourth-order valence-electron chi connectivity index (χ4n) is 4.02. The van der Waals surface area contributed by atoms with Gasteiger partial charge in [-0.1, -0.05) is 67.9 Å². The van der Waals surface area contributed by atoms with Crippen molar-refractivity contribution in [3.05, 3.63) is 101 Å². The first kappa shape index (κ1) is 31.6. The predicted octanol–water partition coefficient (Wildman–Crippen LogP) is 4.12. The average Bonchev–Trinajstić information content (AvgIpc) is 2.91. The molecule has 3 rings (SSSR count). The van der Waals surface area contributed by atoms with Gasteiger partial charge in [-0.25, -0.2) is 22.0 Å². The number of hydrogen-bond donors (Lipinski definition) is 2. The minimum absolute atomic E-state index is 0.00384. The van der Waals surface area contributed by atoms with E-state index in [9.17, 15) is 31.6 Å². The van der Waals surface area contributed by atoms with Crippen molar-refractivity contribution in [2.24, 2.45) is 5.92 Å². The summed E-state index contributed by atoms with van der Waals surface area (Å²) in [6, 6.07) is 15.2. The lowest BCUT2D eigenvalue weighted by atomic mass is 10.0. The molecule has 8 nitrogen and oxygen atoms in total. The molecule has 0 aliphatic heterocycles. The highest BCUT2D eigenvalue weighted by Crippen LogP contribution is 2.16. The van der Waals surface area contributed by atoms with Gasteiger partial charge in [0.15, 0.2) is 12.4 Å². The van der Waals surface area contributed by atoms with E-state index in [0.29, 0.717) is 5.56 Å². The maximum atomic E-state index is 14.0. The minimum atomic E-state index is -4.08. The number of aryl methyl sites for hydroxylation is 1. The maximum absolute atomic E-state index is 14.0. The summed E-state index contributed by atoms with van der Waals surface area (Å²) in [5.41, 5.74) is 0.589. The van der Waals surface area contributed by atoms with Crippen molar-refractivity contribution in [2.45, 2.75) is 50.6 Å². The quantitative estimate of drug-likeness (QED) is 0.291. The normalized spacial score (nSPS) is 12.9. The van der Waals surface area contributed by atoms with Gasteiger partial charge in [0.05, 0.1) is 10.9 Å². The Morgan fingerprint density at radius 3 is 2.05 bits per heavy atom. The number of ketones is 1. The highest BCUT2D eigenvalue weighted by molar-refractivity contribution is 7.89. The third-order valence-corrected chi connectivity index (χ3v) is 7.64. The predicted molar refractivity (Wildman–Crippen MR) is 148 cm³/mol. The zero-order valence-corrected chi connectivity index (χ0v) is 23.7. The van der Waals surface area contributed by atoms with E-state index in [0.717, 1.165) is 23.8 Å². The van der Waals surface area contributed by atoms with Crippen LogP contribution < -0.4 is 10.0 Å². The van der Waals surface area contributed by atoms with Crippen LogP contribution in [0.1, 0.15) is 41.8 Å². The smallest absolute Gasteiger partial charge is 0.344 e. The first-order chi connectivity index (χ1) is 19.4. The molecular formula is C30H32F2N2O6S. The van der Waals surface area contributed by atoms with Gasteiger partial charge in [-0.3, -0.25) is 9.59 Å². The Hall–Kier alpha value is -3.96. The van der Waals surface area contributed by atoms with Crippen LogP contribution in [-0.2, 0) is 30.8 Å². The molecule has 3 aromatic carbocycles. The highest BCUT2D eigenvalue weighted by atomic mass is 32.2. The maximum Gasteiger partial charge on any atom is 0.344 e. The van der Waals surface area contributed by atoms with E-state index in [2.05, 4.69) is 10.0 Å². The molecule has 0 saturated heterocycles. The monoisotopic (exact) mass is 586 g/mol. The Bertz CT molecular complexity index is 1460. The molecule has 0 aliphatic carbocycles. The Morgan fingerprint density at radius 1 is 0.854 bits per heavy atom. The molecule has 2 N–H and O–H groups in total. The number of halogens is 2. The molecule has 0 spiro atoms. The van der Waals surface area contributed by atoms with Crippen molar-refractivity contribution in [3.63, 3.8) is 0 Å². The van der Waals surface area contributed by atoms with Crippen LogP contribution in [0.3, 0.4) is 0 Å². The fourth-order valence-corrected chi connectivity index (χ4v) is 5.23. The third kappa shape index (κ3) is 9.02. The van der Waals surface area contributed by atoms with Gasteiger partial charge < -0.3 is 10.1 Å². The molecule has 1 amide bonds. The van der Waals surface area contributed by atoms with Gasteiger partial charge in [-0.05, 0) is 55.5 Å². The SMILES string of the molecule is Cc1ccc(S(=O)(=O)NC(CC(C)C)C(=O)NC(Cc2ccccc2)C(=O)COC(=O)c2c(F)cccc2F)cc1. The van der Waals surface area contributed by atoms with Crippen LogP contribution in [0, 0.1) is 24.5 Å². The molecule has 0 saturated carbocycles. The van der Waals surface area contributed by atoms with Gasteiger partial charge in [0.25, 0.3) is 0 Å². The van der Waals surface area contributed by atoms with Gasteiger partial charge in [0, 0.05) is 0 Å². The molecule has 0 heterocycles. The number of hydrogen-bond acceptors (Lipinski definition) is 6. The zero-order chi connectivity index (χ0) is 30.2. The minimum Gasteiger partial charge on any atom is -0.454 e. The highest BCUT2D eigenvalue weighted by Gasteiger charge is 2.31. The molecule has 11 heteroatoms. The molecule has 2 unspecified atom stereocenters. The number of amides is 1. The van der Waals surface area contributed by atoms with E-state index in [1.807, 2.05) is 20.8 Å². The topological polar surface area (TPSA) is 119 Å². The lowest BCUT2D eigenvalue weighted by molar-refractivity contribution is -0.130. The van der Waals surface area contributed by atoms with Crippen LogP contribution in [0.25, 0.3) is 0 Å². The fraction of sp³-hybridized carbons (Fsp3) is 0.300. The molecule has 218 valence electrons. The zero-order valence-electron chi connectivity index (χ0n) is 22.9. The lowest BCUT2D eigenvalue weighted by Gasteiger charge is -2.24. The number of sulfonamides is 1. The Morgan fingerprint density at radius 2 is 1.46 bits per heavy atom.